The topological polar surface area (TPSA) is 9.23 Å². The standard InChI is InChI=1S/C10H13O.Y/c1-8(2)9-6-4-5-7-10(9)11-3;/h5-8H,1-3H3;/q-1;. The van der Waals surface area contributed by atoms with Crippen LogP contribution >= 0.6 is 0 Å². The Balaban J connectivity index is 0.00000121. The molecule has 0 N–H and O–H groups in total. The maximum Gasteiger partial charge on any atom is 0.0743 e. The number of benzene rings is 1. The van der Waals surface area contributed by atoms with Gasteiger partial charge in [0.05, 0.1) is 7.11 Å². The van der Waals surface area contributed by atoms with Crippen molar-refractivity contribution in [3.63, 3.8) is 0 Å². The van der Waals surface area contributed by atoms with Gasteiger partial charge in [-0.05, 0) is 0 Å². The van der Waals surface area contributed by atoms with Gasteiger partial charge in [-0.2, -0.15) is 18.2 Å². The molecule has 0 aliphatic heterocycles. The second kappa shape index (κ2) is 5.72. The molecular formula is C10H13OY-. The number of ether oxygens (including phenoxy) is 1. The van der Waals surface area contributed by atoms with Gasteiger partial charge in [0.1, 0.15) is 0 Å². The minimum atomic E-state index is 0. The molecule has 0 saturated carbocycles. The van der Waals surface area contributed by atoms with Crippen molar-refractivity contribution in [1.82, 2.24) is 0 Å². The van der Waals surface area contributed by atoms with E-state index in [4.69, 9.17) is 4.74 Å². The summed E-state index contributed by atoms with van der Waals surface area (Å²) in [5.41, 5.74) is 1.22. The Hall–Kier alpha value is 0.124. The quantitative estimate of drug-likeness (QED) is 0.719. The number of rotatable bonds is 2. The van der Waals surface area contributed by atoms with E-state index in [0.717, 1.165) is 5.75 Å². The van der Waals surface area contributed by atoms with Crippen LogP contribution in [0.4, 0.5) is 0 Å². The van der Waals surface area contributed by atoms with Crippen molar-refractivity contribution in [2.24, 2.45) is 0 Å². The summed E-state index contributed by atoms with van der Waals surface area (Å²) in [5, 5.41) is 0. The van der Waals surface area contributed by atoms with Crippen LogP contribution in [0.5, 0.6) is 5.75 Å². The van der Waals surface area contributed by atoms with E-state index in [1.165, 1.54) is 5.56 Å². The zero-order chi connectivity index (χ0) is 8.27. The number of methoxy groups -OCH3 is 1. The van der Waals surface area contributed by atoms with E-state index < -0.39 is 0 Å². The molecule has 0 aliphatic rings. The third-order valence-electron chi connectivity index (χ3n) is 1.70. The van der Waals surface area contributed by atoms with Gasteiger partial charge in [0.15, 0.2) is 0 Å². The summed E-state index contributed by atoms with van der Waals surface area (Å²) < 4.78 is 5.19. The molecule has 0 aliphatic carbocycles. The minimum Gasteiger partial charge on any atom is -0.522 e. The minimum absolute atomic E-state index is 0. The normalized spacial score (nSPS) is 9.33. The molecule has 0 heterocycles. The van der Waals surface area contributed by atoms with E-state index in [0.29, 0.717) is 5.92 Å². The second-order valence-corrected chi connectivity index (χ2v) is 2.82. The SMILES string of the molecule is COc1cc[c-]cc1C(C)C.[Y]. The third kappa shape index (κ3) is 2.87. The van der Waals surface area contributed by atoms with Gasteiger partial charge in [0.2, 0.25) is 0 Å². The molecule has 0 saturated heterocycles. The Morgan fingerprint density at radius 2 is 2.08 bits per heavy atom. The van der Waals surface area contributed by atoms with E-state index in [9.17, 15) is 0 Å². The molecule has 1 rings (SSSR count). The van der Waals surface area contributed by atoms with Crippen LogP contribution in [0, 0.1) is 6.07 Å². The molecule has 2 heteroatoms. The molecule has 0 amide bonds. The molecule has 1 radical (unpaired) electrons. The first kappa shape index (κ1) is 12.1. The van der Waals surface area contributed by atoms with Crippen molar-refractivity contribution >= 4 is 0 Å². The molecule has 0 aromatic heterocycles. The van der Waals surface area contributed by atoms with Gasteiger partial charge in [0.25, 0.3) is 0 Å². The van der Waals surface area contributed by atoms with Crippen molar-refractivity contribution < 1.29 is 37.4 Å². The molecular weight excluding hydrogens is 225 g/mol. The Labute approximate surface area is 99.4 Å². The average molecular weight is 238 g/mol. The van der Waals surface area contributed by atoms with E-state index in [2.05, 4.69) is 19.9 Å². The van der Waals surface area contributed by atoms with Gasteiger partial charge >= 0.3 is 0 Å². The smallest absolute Gasteiger partial charge is 0.0743 e. The summed E-state index contributed by atoms with van der Waals surface area (Å²) in [7, 11) is 1.70. The second-order valence-electron chi connectivity index (χ2n) is 2.82. The van der Waals surface area contributed by atoms with Crippen LogP contribution in [0.1, 0.15) is 25.3 Å². The molecule has 0 spiro atoms. The van der Waals surface area contributed by atoms with Crippen LogP contribution in [0.3, 0.4) is 0 Å². The fourth-order valence-corrected chi connectivity index (χ4v) is 1.07. The summed E-state index contributed by atoms with van der Waals surface area (Å²) in [6.07, 6.45) is 0. The monoisotopic (exact) mass is 238 g/mol. The van der Waals surface area contributed by atoms with Gasteiger partial charge < -0.3 is 4.74 Å². The predicted molar refractivity (Wildman–Crippen MR) is 45.9 cm³/mol. The van der Waals surface area contributed by atoms with E-state index in [-0.39, 0.29) is 32.7 Å². The van der Waals surface area contributed by atoms with Crippen molar-refractivity contribution in [2.45, 2.75) is 19.8 Å². The number of hydrogen-bond acceptors (Lipinski definition) is 1. The third-order valence-corrected chi connectivity index (χ3v) is 1.70. The van der Waals surface area contributed by atoms with Crippen LogP contribution in [0.25, 0.3) is 0 Å². The molecule has 0 fully saturated rings. The van der Waals surface area contributed by atoms with Crippen LogP contribution in [0.2, 0.25) is 0 Å². The molecule has 63 valence electrons. The van der Waals surface area contributed by atoms with Crippen LogP contribution in [-0.4, -0.2) is 7.11 Å². The fraction of sp³-hybridized carbons (Fsp3) is 0.400. The summed E-state index contributed by atoms with van der Waals surface area (Å²) in [5.74, 6) is 1.46. The Morgan fingerprint density at radius 3 is 2.50 bits per heavy atom. The van der Waals surface area contributed by atoms with Gasteiger partial charge in [-0.15, -0.1) is 11.6 Å². The summed E-state index contributed by atoms with van der Waals surface area (Å²) in [6, 6.07) is 8.82. The molecule has 0 atom stereocenters. The Bertz CT molecular complexity index is 233. The van der Waals surface area contributed by atoms with Crippen LogP contribution in [-0.2, 0) is 32.7 Å². The zero-order valence-corrected chi connectivity index (χ0v) is 10.6. The summed E-state index contributed by atoms with van der Waals surface area (Å²) in [6.45, 7) is 4.29. The first-order valence-corrected chi connectivity index (χ1v) is 3.79. The molecule has 0 unspecified atom stereocenters. The van der Waals surface area contributed by atoms with Crippen LogP contribution in [0.15, 0.2) is 18.2 Å². The largest absolute Gasteiger partial charge is 0.522 e. The Morgan fingerprint density at radius 1 is 1.42 bits per heavy atom. The van der Waals surface area contributed by atoms with E-state index in [1.807, 2.05) is 18.2 Å². The van der Waals surface area contributed by atoms with Gasteiger partial charge in [-0.3, -0.25) is 0 Å². The fourth-order valence-electron chi connectivity index (χ4n) is 1.07. The van der Waals surface area contributed by atoms with Crippen LogP contribution < -0.4 is 4.74 Å². The van der Waals surface area contributed by atoms with Crippen molar-refractivity contribution in [3.8, 4) is 5.75 Å². The van der Waals surface area contributed by atoms with Gasteiger partial charge in [-0.25, -0.2) is 0 Å². The maximum atomic E-state index is 5.19. The van der Waals surface area contributed by atoms with E-state index >= 15 is 0 Å². The van der Waals surface area contributed by atoms with Crippen molar-refractivity contribution in [3.05, 3.63) is 29.8 Å². The first-order valence-electron chi connectivity index (χ1n) is 3.79. The Kier molecular flexibility index (Phi) is 5.77. The predicted octanol–water partition coefficient (Wildman–Crippen LogP) is 2.62. The summed E-state index contributed by atoms with van der Waals surface area (Å²) >= 11 is 0. The molecule has 1 aromatic rings. The average Bonchev–Trinajstić information content (AvgIpc) is 2.04. The zero-order valence-electron chi connectivity index (χ0n) is 7.79. The molecule has 0 bridgehead atoms. The van der Waals surface area contributed by atoms with Crippen molar-refractivity contribution in [2.75, 3.05) is 7.11 Å². The maximum absolute atomic E-state index is 5.19. The van der Waals surface area contributed by atoms with Gasteiger partial charge in [-0.1, -0.05) is 19.8 Å². The van der Waals surface area contributed by atoms with E-state index in [1.54, 1.807) is 7.11 Å². The molecule has 1 nitrogen and oxygen atoms in total. The number of hydrogen-bond donors (Lipinski definition) is 0. The molecule has 1 aromatic carbocycles. The van der Waals surface area contributed by atoms with Gasteiger partial charge in [0, 0.05) is 38.5 Å². The summed E-state index contributed by atoms with van der Waals surface area (Å²) in [4.78, 5) is 0. The van der Waals surface area contributed by atoms with Crippen molar-refractivity contribution in [1.29, 1.82) is 0 Å². The molecule has 12 heavy (non-hydrogen) atoms. The first-order chi connectivity index (χ1) is 5.25.